The molecular weight excluding hydrogens is 420 g/mol. The summed E-state index contributed by atoms with van der Waals surface area (Å²) >= 11 is 0. The molecule has 174 valence electrons. The van der Waals surface area contributed by atoms with E-state index in [1.54, 1.807) is 40.6 Å². The van der Waals surface area contributed by atoms with Crippen molar-refractivity contribution in [1.29, 1.82) is 0 Å². The molecule has 1 N–H and O–H groups in total. The van der Waals surface area contributed by atoms with Crippen molar-refractivity contribution in [2.24, 2.45) is 0 Å². The third kappa shape index (κ3) is 4.62. The zero-order valence-electron chi connectivity index (χ0n) is 19.5. The number of nitrogens with zero attached hydrogens (tertiary/aromatic N) is 1. The number of nitrogens with one attached hydrogen (secondary N) is 1. The van der Waals surface area contributed by atoms with Gasteiger partial charge in [0.2, 0.25) is 11.7 Å². The molecule has 0 aliphatic carbocycles. The van der Waals surface area contributed by atoms with Crippen LogP contribution in [0.5, 0.6) is 23.0 Å². The fraction of sp³-hybridized carbons (Fsp3) is 0.346. The summed E-state index contributed by atoms with van der Waals surface area (Å²) < 4.78 is 21.5. The Hall–Kier alpha value is -3.61. The van der Waals surface area contributed by atoms with E-state index in [0.717, 1.165) is 42.8 Å². The van der Waals surface area contributed by atoms with E-state index in [-0.39, 0.29) is 5.91 Å². The van der Waals surface area contributed by atoms with Crippen LogP contribution in [-0.4, -0.2) is 57.3 Å². The van der Waals surface area contributed by atoms with Gasteiger partial charge in [-0.05, 0) is 66.3 Å². The molecule has 0 radical (unpaired) electrons. The second-order valence-electron chi connectivity index (χ2n) is 8.05. The summed E-state index contributed by atoms with van der Waals surface area (Å²) in [6.07, 6.45) is 7.33. The summed E-state index contributed by atoms with van der Waals surface area (Å²) in [6, 6.07) is 9.73. The highest BCUT2D eigenvalue weighted by Crippen LogP contribution is 2.39. The molecule has 0 spiro atoms. The highest BCUT2D eigenvalue weighted by molar-refractivity contribution is 5.92. The number of aromatic nitrogens is 1. The van der Waals surface area contributed by atoms with Gasteiger partial charge in [0.25, 0.3) is 0 Å². The summed E-state index contributed by atoms with van der Waals surface area (Å²) in [6.45, 7) is 1.44. The van der Waals surface area contributed by atoms with Gasteiger partial charge in [0.15, 0.2) is 11.5 Å². The summed E-state index contributed by atoms with van der Waals surface area (Å²) in [4.78, 5) is 18.1. The van der Waals surface area contributed by atoms with Crippen LogP contribution < -0.4 is 18.9 Å². The van der Waals surface area contributed by atoms with Crippen LogP contribution in [0.25, 0.3) is 17.0 Å². The molecule has 33 heavy (non-hydrogen) atoms. The van der Waals surface area contributed by atoms with Gasteiger partial charge in [-0.25, -0.2) is 0 Å². The second-order valence-corrected chi connectivity index (χ2v) is 8.05. The number of carbonyl (C=O) groups excluding carboxylic acids is 1. The van der Waals surface area contributed by atoms with Crippen LogP contribution in [0.1, 0.15) is 29.9 Å². The fourth-order valence-corrected chi connectivity index (χ4v) is 4.47. The number of methoxy groups -OCH3 is 4. The Morgan fingerprint density at radius 3 is 2.27 bits per heavy atom. The van der Waals surface area contributed by atoms with Crippen LogP contribution in [-0.2, 0) is 4.79 Å². The topological polar surface area (TPSA) is 73.0 Å². The number of benzene rings is 2. The number of fused-ring (bicyclic) bond motifs is 1. The highest BCUT2D eigenvalue weighted by atomic mass is 16.5. The number of aromatic amines is 1. The van der Waals surface area contributed by atoms with Crippen LogP contribution in [0.3, 0.4) is 0 Å². The predicted molar refractivity (Wildman–Crippen MR) is 129 cm³/mol. The van der Waals surface area contributed by atoms with Crippen molar-refractivity contribution in [2.75, 3.05) is 41.5 Å². The Morgan fingerprint density at radius 1 is 0.970 bits per heavy atom. The molecule has 3 aromatic rings. The maximum atomic E-state index is 12.8. The largest absolute Gasteiger partial charge is 0.497 e. The van der Waals surface area contributed by atoms with Gasteiger partial charge in [0, 0.05) is 36.3 Å². The van der Waals surface area contributed by atoms with Gasteiger partial charge in [0.05, 0.1) is 28.4 Å². The average Bonchev–Trinajstić information content (AvgIpc) is 3.29. The third-order valence-electron chi connectivity index (χ3n) is 6.27. The highest BCUT2D eigenvalue weighted by Gasteiger charge is 2.25. The van der Waals surface area contributed by atoms with E-state index in [4.69, 9.17) is 18.9 Å². The van der Waals surface area contributed by atoms with Crippen LogP contribution >= 0.6 is 0 Å². The minimum atomic E-state index is 0.00259. The first kappa shape index (κ1) is 22.6. The number of H-pyrrole nitrogens is 1. The molecule has 7 nitrogen and oxygen atoms in total. The maximum absolute atomic E-state index is 12.8. The van der Waals surface area contributed by atoms with Gasteiger partial charge in [-0.2, -0.15) is 0 Å². The Bertz CT molecular complexity index is 1130. The smallest absolute Gasteiger partial charge is 0.246 e. The second kappa shape index (κ2) is 9.90. The molecule has 1 aliphatic heterocycles. The van der Waals surface area contributed by atoms with Gasteiger partial charge < -0.3 is 28.8 Å². The van der Waals surface area contributed by atoms with Gasteiger partial charge in [-0.15, -0.1) is 0 Å². The standard InChI is InChI=1S/C26H30N2O5/c1-30-19-6-7-22-20(15-19)21(16-27-22)18-9-11-28(12-10-18)25(29)8-5-17-13-23(31-2)26(33-4)24(14-17)32-3/h5-8,13-16,18,27H,9-12H2,1-4H3/b8-5+. The quantitative estimate of drug-likeness (QED) is 0.532. The number of hydrogen-bond donors (Lipinski definition) is 1. The van der Waals surface area contributed by atoms with Crippen LogP contribution in [0.15, 0.2) is 42.6 Å². The number of amides is 1. The van der Waals surface area contributed by atoms with E-state index in [9.17, 15) is 4.79 Å². The van der Waals surface area contributed by atoms with Crippen molar-refractivity contribution in [3.8, 4) is 23.0 Å². The van der Waals surface area contributed by atoms with E-state index in [1.807, 2.05) is 29.2 Å². The van der Waals surface area contributed by atoms with Crippen molar-refractivity contribution in [3.05, 3.63) is 53.7 Å². The molecule has 1 fully saturated rings. The average molecular weight is 451 g/mol. The lowest BCUT2D eigenvalue weighted by atomic mass is 9.89. The molecule has 1 aliphatic rings. The molecule has 0 unspecified atom stereocenters. The number of piperidine rings is 1. The van der Waals surface area contributed by atoms with Gasteiger partial charge in [-0.3, -0.25) is 4.79 Å². The molecule has 0 bridgehead atoms. The van der Waals surface area contributed by atoms with Gasteiger partial charge in [-0.1, -0.05) is 0 Å². The van der Waals surface area contributed by atoms with Gasteiger partial charge >= 0.3 is 0 Å². The zero-order valence-corrected chi connectivity index (χ0v) is 19.5. The molecule has 1 amide bonds. The minimum absolute atomic E-state index is 0.00259. The Kier molecular flexibility index (Phi) is 6.77. The Balaban J connectivity index is 1.42. The number of ether oxygens (including phenoxy) is 4. The van der Waals surface area contributed by atoms with Crippen molar-refractivity contribution >= 4 is 22.9 Å². The maximum Gasteiger partial charge on any atom is 0.246 e. The molecular formula is C26H30N2O5. The van der Waals surface area contributed by atoms with E-state index in [0.29, 0.717) is 23.2 Å². The van der Waals surface area contributed by atoms with E-state index in [1.165, 1.54) is 10.9 Å². The summed E-state index contributed by atoms with van der Waals surface area (Å²) in [7, 11) is 6.40. The third-order valence-corrected chi connectivity index (χ3v) is 6.27. The first-order chi connectivity index (χ1) is 16.1. The fourth-order valence-electron chi connectivity index (χ4n) is 4.47. The zero-order chi connectivity index (χ0) is 23.4. The Labute approximate surface area is 193 Å². The predicted octanol–water partition coefficient (Wildman–Crippen LogP) is 4.62. The number of hydrogen-bond acceptors (Lipinski definition) is 5. The first-order valence-corrected chi connectivity index (χ1v) is 11.0. The molecule has 1 saturated heterocycles. The van der Waals surface area contributed by atoms with Crippen LogP contribution in [0, 0.1) is 0 Å². The molecule has 2 heterocycles. The minimum Gasteiger partial charge on any atom is -0.497 e. The lowest BCUT2D eigenvalue weighted by molar-refractivity contribution is -0.126. The van der Waals surface area contributed by atoms with Crippen molar-refractivity contribution in [3.63, 3.8) is 0 Å². The number of rotatable bonds is 7. The van der Waals surface area contributed by atoms with Crippen molar-refractivity contribution in [2.45, 2.75) is 18.8 Å². The lowest BCUT2D eigenvalue weighted by Crippen LogP contribution is -2.36. The molecule has 0 atom stereocenters. The summed E-state index contributed by atoms with van der Waals surface area (Å²) in [5.74, 6) is 2.91. The molecule has 7 heteroatoms. The van der Waals surface area contributed by atoms with Gasteiger partial charge in [0.1, 0.15) is 5.75 Å². The van der Waals surface area contributed by atoms with Crippen molar-refractivity contribution in [1.82, 2.24) is 9.88 Å². The van der Waals surface area contributed by atoms with Crippen LogP contribution in [0.2, 0.25) is 0 Å². The molecule has 1 aromatic heterocycles. The molecule has 2 aromatic carbocycles. The molecule has 4 rings (SSSR count). The number of carbonyl (C=O) groups is 1. The van der Waals surface area contributed by atoms with E-state index < -0.39 is 0 Å². The lowest BCUT2D eigenvalue weighted by Gasteiger charge is -2.31. The molecule has 0 saturated carbocycles. The Morgan fingerprint density at radius 2 is 1.67 bits per heavy atom. The van der Waals surface area contributed by atoms with Crippen molar-refractivity contribution < 1.29 is 23.7 Å². The summed E-state index contributed by atoms with van der Waals surface area (Å²) in [5.41, 5.74) is 3.21. The van der Waals surface area contributed by atoms with E-state index >= 15 is 0 Å². The first-order valence-electron chi connectivity index (χ1n) is 11.0. The summed E-state index contributed by atoms with van der Waals surface area (Å²) in [5, 5.41) is 1.20. The number of likely N-dealkylation sites (tertiary alicyclic amines) is 1. The SMILES string of the molecule is COc1ccc2[nH]cc(C3CCN(C(=O)/C=C/c4cc(OC)c(OC)c(OC)c4)CC3)c2c1. The van der Waals surface area contributed by atoms with E-state index in [2.05, 4.69) is 17.2 Å². The van der Waals surface area contributed by atoms with Crippen LogP contribution in [0.4, 0.5) is 0 Å². The normalized spacial score (nSPS) is 14.6. The monoisotopic (exact) mass is 450 g/mol.